The number of benzene rings is 1. The number of carbonyl (C=O) groups is 1. The molecule has 5 nitrogen and oxygen atoms in total. The van der Waals surface area contributed by atoms with Crippen molar-refractivity contribution in [2.75, 3.05) is 18.5 Å². The predicted molar refractivity (Wildman–Crippen MR) is 75.5 cm³/mol. The monoisotopic (exact) mass is 333 g/mol. The predicted octanol–water partition coefficient (Wildman–Crippen LogP) is 2.32. The number of amidine groups is 1. The number of aliphatic imine (C=N–C) groups is 1. The van der Waals surface area contributed by atoms with Crippen LogP contribution in [0.2, 0.25) is 0 Å². The second-order valence-corrected chi connectivity index (χ2v) is 5.40. The molecule has 0 saturated carbocycles. The molecule has 0 spiro atoms. The van der Waals surface area contributed by atoms with Crippen molar-refractivity contribution in [2.45, 2.75) is 25.1 Å². The number of amides is 1. The average Bonchev–Trinajstić information content (AvgIpc) is 2.38. The fourth-order valence-electron chi connectivity index (χ4n) is 2.28. The first-order valence-electron chi connectivity index (χ1n) is 6.68. The Hall–Kier alpha value is -2.16. The lowest BCUT2D eigenvalue weighted by Crippen LogP contribution is -2.38. The third-order valence-corrected chi connectivity index (χ3v) is 3.21. The minimum atomic E-state index is -4.62. The van der Waals surface area contributed by atoms with E-state index in [-0.39, 0.29) is 30.3 Å². The summed E-state index contributed by atoms with van der Waals surface area (Å²) in [6.45, 7) is 1.77. The van der Waals surface area contributed by atoms with Crippen LogP contribution in [0.1, 0.15) is 18.9 Å². The fourth-order valence-corrected chi connectivity index (χ4v) is 2.28. The molecule has 9 heteroatoms. The van der Waals surface area contributed by atoms with E-state index >= 15 is 0 Å². The van der Waals surface area contributed by atoms with Crippen LogP contribution in [-0.2, 0) is 15.1 Å². The molecule has 1 aliphatic heterocycles. The summed E-state index contributed by atoms with van der Waals surface area (Å²) in [5.41, 5.74) is 4.59. The molecule has 2 rings (SSSR count). The SMILES string of the molecule is CC1(c2cc(NC(=O)CC(F)(F)F)ccc2F)COCC(N)=N1. The highest BCUT2D eigenvalue weighted by Gasteiger charge is 2.34. The Labute approximate surface area is 129 Å². The first kappa shape index (κ1) is 17.2. The molecule has 0 aliphatic carbocycles. The zero-order valence-electron chi connectivity index (χ0n) is 12.2. The van der Waals surface area contributed by atoms with Gasteiger partial charge in [0.05, 0.1) is 6.61 Å². The van der Waals surface area contributed by atoms with Gasteiger partial charge in [-0.3, -0.25) is 9.79 Å². The summed E-state index contributed by atoms with van der Waals surface area (Å²) in [5.74, 6) is -1.67. The Kier molecular flexibility index (Phi) is 4.60. The normalized spacial score (nSPS) is 21.7. The van der Waals surface area contributed by atoms with Gasteiger partial charge in [0.25, 0.3) is 0 Å². The minimum Gasteiger partial charge on any atom is -0.386 e. The first-order valence-corrected chi connectivity index (χ1v) is 6.68. The number of nitrogens with one attached hydrogen (secondary N) is 1. The zero-order chi connectivity index (χ0) is 17.3. The van der Waals surface area contributed by atoms with Gasteiger partial charge in [0.15, 0.2) is 0 Å². The van der Waals surface area contributed by atoms with Crippen LogP contribution in [0.15, 0.2) is 23.2 Å². The molecule has 1 atom stereocenters. The number of nitrogens with zero attached hydrogens (tertiary/aromatic N) is 1. The molecule has 0 radical (unpaired) electrons. The maximum Gasteiger partial charge on any atom is 0.397 e. The van der Waals surface area contributed by atoms with Gasteiger partial charge in [0, 0.05) is 11.3 Å². The lowest BCUT2D eigenvalue weighted by atomic mass is 9.92. The molecular formula is C14H15F4N3O2. The lowest BCUT2D eigenvalue weighted by molar-refractivity contribution is -0.150. The van der Waals surface area contributed by atoms with E-state index in [9.17, 15) is 22.4 Å². The molecule has 0 saturated heterocycles. The van der Waals surface area contributed by atoms with E-state index in [4.69, 9.17) is 10.5 Å². The maximum absolute atomic E-state index is 14.1. The second-order valence-electron chi connectivity index (χ2n) is 5.40. The highest BCUT2D eigenvalue weighted by atomic mass is 19.4. The Morgan fingerprint density at radius 2 is 2.17 bits per heavy atom. The quantitative estimate of drug-likeness (QED) is 0.834. The number of nitrogens with two attached hydrogens (primary N) is 1. The Morgan fingerprint density at radius 3 is 2.78 bits per heavy atom. The molecule has 1 aromatic carbocycles. The van der Waals surface area contributed by atoms with Crippen LogP contribution in [-0.4, -0.2) is 31.1 Å². The molecule has 1 aliphatic rings. The van der Waals surface area contributed by atoms with E-state index in [1.54, 1.807) is 6.92 Å². The fraction of sp³-hybridized carbons (Fsp3) is 0.429. The summed E-state index contributed by atoms with van der Waals surface area (Å²) >= 11 is 0. The molecule has 0 fully saturated rings. The molecule has 1 amide bonds. The highest BCUT2D eigenvalue weighted by molar-refractivity contribution is 5.91. The third-order valence-electron chi connectivity index (χ3n) is 3.21. The molecule has 0 aromatic heterocycles. The number of ether oxygens (including phenoxy) is 1. The lowest BCUT2D eigenvalue weighted by Gasteiger charge is -2.30. The van der Waals surface area contributed by atoms with Crippen LogP contribution in [0.3, 0.4) is 0 Å². The van der Waals surface area contributed by atoms with Crippen LogP contribution in [0.4, 0.5) is 23.2 Å². The number of hydrogen-bond acceptors (Lipinski definition) is 4. The van der Waals surface area contributed by atoms with Crippen LogP contribution in [0, 0.1) is 5.82 Å². The summed E-state index contributed by atoms with van der Waals surface area (Å²) < 4.78 is 55.8. The number of halogens is 4. The summed E-state index contributed by atoms with van der Waals surface area (Å²) in [4.78, 5) is 15.5. The summed E-state index contributed by atoms with van der Waals surface area (Å²) in [5, 5.41) is 2.09. The molecule has 0 bridgehead atoms. The highest BCUT2D eigenvalue weighted by Crippen LogP contribution is 2.32. The van der Waals surface area contributed by atoms with Crippen LogP contribution in [0.25, 0.3) is 0 Å². The molecule has 1 aromatic rings. The molecule has 126 valence electrons. The number of anilines is 1. The molecule has 3 N–H and O–H groups in total. The van der Waals surface area contributed by atoms with Gasteiger partial charge in [0.1, 0.15) is 30.2 Å². The van der Waals surface area contributed by atoms with Gasteiger partial charge in [0.2, 0.25) is 5.91 Å². The van der Waals surface area contributed by atoms with E-state index in [0.717, 1.165) is 6.07 Å². The van der Waals surface area contributed by atoms with Gasteiger partial charge in [-0.15, -0.1) is 0 Å². The largest absolute Gasteiger partial charge is 0.397 e. The molecular weight excluding hydrogens is 318 g/mol. The Morgan fingerprint density at radius 1 is 1.48 bits per heavy atom. The number of hydrogen-bond donors (Lipinski definition) is 2. The maximum atomic E-state index is 14.1. The first-order chi connectivity index (χ1) is 10.6. The molecule has 1 unspecified atom stereocenters. The van der Waals surface area contributed by atoms with Crippen molar-refractivity contribution in [3.05, 3.63) is 29.6 Å². The van der Waals surface area contributed by atoms with Gasteiger partial charge < -0.3 is 15.8 Å². The topological polar surface area (TPSA) is 76.7 Å². The second kappa shape index (κ2) is 6.15. The summed E-state index contributed by atoms with van der Waals surface area (Å²) in [7, 11) is 0. The van der Waals surface area contributed by atoms with Crippen molar-refractivity contribution in [1.29, 1.82) is 0 Å². The van der Waals surface area contributed by atoms with Crippen molar-refractivity contribution in [1.82, 2.24) is 0 Å². The Balaban J connectivity index is 2.26. The molecule has 1 heterocycles. The smallest absolute Gasteiger partial charge is 0.386 e. The van der Waals surface area contributed by atoms with Gasteiger partial charge in [-0.25, -0.2) is 4.39 Å². The van der Waals surface area contributed by atoms with Crippen molar-refractivity contribution in [3.63, 3.8) is 0 Å². The average molecular weight is 333 g/mol. The van der Waals surface area contributed by atoms with E-state index < -0.39 is 29.9 Å². The standard InChI is InChI=1S/C14H15F4N3O2/c1-13(7-23-6-11(19)21-13)9-4-8(2-3-10(9)15)20-12(22)5-14(16,17)18/h2-4H,5-7H2,1H3,(H2,19,21)(H,20,22). The van der Waals surface area contributed by atoms with Crippen molar-refractivity contribution in [2.24, 2.45) is 10.7 Å². The van der Waals surface area contributed by atoms with Crippen LogP contribution < -0.4 is 11.1 Å². The van der Waals surface area contributed by atoms with Gasteiger partial charge in [-0.1, -0.05) is 0 Å². The van der Waals surface area contributed by atoms with E-state index in [1.165, 1.54) is 12.1 Å². The van der Waals surface area contributed by atoms with Crippen LogP contribution in [0.5, 0.6) is 0 Å². The minimum absolute atomic E-state index is 0.0382. The molecule has 23 heavy (non-hydrogen) atoms. The van der Waals surface area contributed by atoms with Crippen molar-refractivity contribution >= 4 is 17.4 Å². The summed E-state index contributed by atoms with van der Waals surface area (Å²) in [6, 6.07) is 3.45. The number of rotatable bonds is 3. The summed E-state index contributed by atoms with van der Waals surface area (Å²) in [6.07, 6.45) is -6.24. The van der Waals surface area contributed by atoms with E-state index in [0.29, 0.717) is 0 Å². The zero-order valence-corrected chi connectivity index (χ0v) is 12.2. The van der Waals surface area contributed by atoms with Gasteiger partial charge in [-0.2, -0.15) is 13.2 Å². The van der Waals surface area contributed by atoms with E-state index in [2.05, 4.69) is 10.3 Å². The van der Waals surface area contributed by atoms with Crippen LogP contribution >= 0.6 is 0 Å². The van der Waals surface area contributed by atoms with Crippen molar-refractivity contribution in [3.8, 4) is 0 Å². The van der Waals surface area contributed by atoms with E-state index in [1.807, 2.05) is 0 Å². The van der Waals surface area contributed by atoms with Gasteiger partial charge in [-0.05, 0) is 25.1 Å². The Bertz CT molecular complexity index is 645. The third kappa shape index (κ3) is 4.41. The number of carbonyl (C=O) groups excluding carboxylic acids is 1. The van der Waals surface area contributed by atoms with Gasteiger partial charge >= 0.3 is 6.18 Å². The number of alkyl halides is 3. The van der Waals surface area contributed by atoms with Crippen molar-refractivity contribution < 1.29 is 27.1 Å².